The quantitative estimate of drug-likeness (QED) is 0.885. The number of carbonyl (C=O) groups is 1. The summed E-state index contributed by atoms with van der Waals surface area (Å²) in [5.41, 5.74) is 0.875. The Hall–Kier alpha value is -1.29. The molecule has 0 radical (unpaired) electrons. The Morgan fingerprint density at radius 2 is 2.33 bits per heavy atom. The van der Waals surface area contributed by atoms with Crippen molar-refractivity contribution in [1.29, 1.82) is 0 Å². The summed E-state index contributed by atoms with van der Waals surface area (Å²) >= 11 is 3.27. The van der Waals surface area contributed by atoms with E-state index in [1.165, 1.54) is 6.92 Å². The molecule has 80 valence electrons. The van der Waals surface area contributed by atoms with Crippen LogP contribution in [0.15, 0.2) is 28.7 Å². The van der Waals surface area contributed by atoms with E-state index in [1.807, 2.05) is 18.2 Å². The third kappa shape index (κ3) is 3.75. The molecule has 15 heavy (non-hydrogen) atoms. The number of hydrogen-bond donors (Lipinski definition) is 2. The standard InChI is InChI=1S/C11H12BrNO2/c1-8(14)13-7-3-5-9-4-2-6-10(15)11(9)12/h2-6,15H,7H2,1H3,(H,13,14). The van der Waals surface area contributed by atoms with Crippen molar-refractivity contribution in [3.63, 3.8) is 0 Å². The number of phenolic OH excluding ortho intramolecular Hbond substituents is 1. The van der Waals surface area contributed by atoms with Gasteiger partial charge in [-0.2, -0.15) is 0 Å². The Bertz CT molecular complexity index is 388. The highest BCUT2D eigenvalue weighted by Crippen LogP contribution is 2.27. The molecular formula is C11H12BrNO2. The van der Waals surface area contributed by atoms with Crippen LogP contribution in [0, 0.1) is 0 Å². The van der Waals surface area contributed by atoms with Gasteiger partial charge < -0.3 is 10.4 Å². The number of phenols is 1. The molecule has 0 aliphatic carbocycles. The fraction of sp³-hybridized carbons (Fsp3) is 0.182. The predicted molar refractivity (Wildman–Crippen MR) is 63.5 cm³/mol. The highest BCUT2D eigenvalue weighted by molar-refractivity contribution is 9.10. The zero-order chi connectivity index (χ0) is 11.3. The summed E-state index contributed by atoms with van der Waals surface area (Å²) in [5, 5.41) is 12.0. The lowest BCUT2D eigenvalue weighted by atomic mass is 10.2. The Balaban J connectivity index is 2.64. The summed E-state index contributed by atoms with van der Waals surface area (Å²) < 4.78 is 0.657. The summed E-state index contributed by atoms with van der Waals surface area (Å²) in [4.78, 5) is 10.6. The molecule has 1 amide bonds. The molecule has 1 aromatic carbocycles. The van der Waals surface area contributed by atoms with Gasteiger partial charge in [-0.15, -0.1) is 0 Å². The molecule has 4 heteroatoms. The minimum absolute atomic E-state index is 0.0605. The highest BCUT2D eigenvalue weighted by Gasteiger charge is 1.99. The van der Waals surface area contributed by atoms with E-state index in [9.17, 15) is 9.90 Å². The van der Waals surface area contributed by atoms with E-state index in [1.54, 1.807) is 12.1 Å². The van der Waals surface area contributed by atoms with E-state index in [2.05, 4.69) is 21.2 Å². The van der Waals surface area contributed by atoms with Crippen molar-refractivity contribution in [2.45, 2.75) is 6.92 Å². The van der Waals surface area contributed by atoms with E-state index >= 15 is 0 Å². The summed E-state index contributed by atoms with van der Waals surface area (Å²) in [6, 6.07) is 5.24. The van der Waals surface area contributed by atoms with Gasteiger partial charge >= 0.3 is 0 Å². The van der Waals surface area contributed by atoms with Gasteiger partial charge in [0.2, 0.25) is 5.91 Å². The first kappa shape index (κ1) is 11.8. The number of hydrogen-bond acceptors (Lipinski definition) is 2. The minimum atomic E-state index is -0.0605. The molecule has 1 rings (SSSR count). The van der Waals surface area contributed by atoms with Crippen LogP contribution in [0.2, 0.25) is 0 Å². The second kappa shape index (κ2) is 5.56. The van der Waals surface area contributed by atoms with Gasteiger partial charge in [-0.25, -0.2) is 0 Å². The maximum atomic E-state index is 10.6. The largest absolute Gasteiger partial charge is 0.507 e. The number of carbonyl (C=O) groups excluding carboxylic acids is 1. The molecule has 2 N–H and O–H groups in total. The smallest absolute Gasteiger partial charge is 0.217 e. The average molecular weight is 270 g/mol. The number of benzene rings is 1. The third-order valence-electron chi connectivity index (χ3n) is 1.77. The Labute approximate surface area is 96.9 Å². The fourth-order valence-corrected chi connectivity index (χ4v) is 1.45. The molecule has 1 aromatic rings. The van der Waals surface area contributed by atoms with Gasteiger partial charge in [0.1, 0.15) is 5.75 Å². The molecule has 0 spiro atoms. The predicted octanol–water partition coefficient (Wildman–Crippen LogP) is 2.30. The Kier molecular flexibility index (Phi) is 4.37. The van der Waals surface area contributed by atoms with Crippen molar-refractivity contribution >= 4 is 27.9 Å². The van der Waals surface area contributed by atoms with Crippen molar-refractivity contribution in [3.8, 4) is 5.75 Å². The summed E-state index contributed by atoms with van der Waals surface area (Å²) in [7, 11) is 0. The van der Waals surface area contributed by atoms with Crippen LogP contribution < -0.4 is 5.32 Å². The first-order valence-corrected chi connectivity index (χ1v) is 5.29. The average Bonchev–Trinajstić information content (AvgIpc) is 2.18. The van der Waals surface area contributed by atoms with Crippen LogP contribution in [-0.4, -0.2) is 17.6 Å². The van der Waals surface area contributed by atoms with Gasteiger partial charge in [0.05, 0.1) is 4.47 Å². The lowest BCUT2D eigenvalue weighted by Crippen LogP contribution is -2.19. The molecule has 0 unspecified atom stereocenters. The van der Waals surface area contributed by atoms with Crippen molar-refractivity contribution < 1.29 is 9.90 Å². The van der Waals surface area contributed by atoms with Crippen LogP contribution in [0.3, 0.4) is 0 Å². The van der Waals surface area contributed by atoms with E-state index in [0.29, 0.717) is 11.0 Å². The maximum Gasteiger partial charge on any atom is 0.217 e. The summed E-state index contributed by atoms with van der Waals surface area (Å²) in [6.45, 7) is 1.95. The Morgan fingerprint density at radius 3 is 3.00 bits per heavy atom. The normalized spacial score (nSPS) is 10.5. The van der Waals surface area contributed by atoms with Crippen LogP contribution in [-0.2, 0) is 4.79 Å². The molecule has 0 heterocycles. The lowest BCUT2D eigenvalue weighted by molar-refractivity contribution is -0.118. The molecule has 0 aromatic heterocycles. The third-order valence-corrected chi connectivity index (χ3v) is 2.64. The highest BCUT2D eigenvalue weighted by atomic mass is 79.9. The first-order valence-electron chi connectivity index (χ1n) is 4.49. The van der Waals surface area contributed by atoms with Crippen molar-refractivity contribution in [2.75, 3.05) is 6.54 Å². The van der Waals surface area contributed by atoms with Gasteiger partial charge in [-0.05, 0) is 27.6 Å². The van der Waals surface area contributed by atoms with Gasteiger partial charge in [-0.3, -0.25) is 4.79 Å². The fourth-order valence-electron chi connectivity index (χ4n) is 1.05. The zero-order valence-electron chi connectivity index (χ0n) is 8.33. The van der Waals surface area contributed by atoms with E-state index in [-0.39, 0.29) is 11.7 Å². The van der Waals surface area contributed by atoms with Crippen LogP contribution >= 0.6 is 15.9 Å². The van der Waals surface area contributed by atoms with Crippen LogP contribution in [0.4, 0.5) is 0 Å². The molecule has 0 saturated heterocycles. The Morgan fingerprint density at radius 1 is 1.60 bits per heavy atom. The number of amides is 1. The van der Waals surface area contributed by atoms with Crippen LogP contribution in [0.5, 0.6) is 5.75 Å². The number of nitrogens with one attached hydrogen (secondary N) is 1. The topological polar surface area (TPSA) is 49.3 Å². The summed E-state index contributed by atoms with van der Waals surface area (Å²) in [6.07, 6.45) is 3.65. The van der Waals surface area contributed by atoms with Crippen molar-refractivity contribution in [2.24, 2.45) is 0 Å². The number of aromatic hydroxyl groups is 1. The molecule has 0 fully saturated rings. The maximum absolute atomic E-state index is 10.6. The molecule has 0 bridgehead atoms. The van der Waals surface area contributed by atoms with E-state index in [0.717, 1.165) is 5.56 Å². The zero-order valence-corrected chi connectivity index (χ0v) is 9.91. The SMILES string of the molecule is CC(=O)NCC=Cc1cccc(O)c1Br. The lowest BCUT2D eigenvalue weighted by Gasteiger charge is -2.00. The second-order valence-electron chi connectivity index (χ2n) is 3.02. The summed E-state index contributed by atoms with van der Waals surface area (Å²) in [5.74, 6) is 0.145. The van der Waals surface area contributed by atoms with E-state index < -0.39 is 0 Å². The molecule has 0 atom stereocenters. The monoisotopic (exact) mass is 269 g/mol. The number of rotatable bonds is 3. The molecular weight excluding hydrogens is 258 g/mol. The van der Waals surface area contributed by atoms with Gasteiger partial charge in [-0.1, -0.05) is 24.3 Å². The van der Waals surface area contributed by atoms with Gasteiger partial charge in [0.25, 0.3) is 0 Å². The van der Waals surface area contributed by atoms with E-state index in [4.69, 9.17) is 0 Å². The molecule has 0 saturated carbocycles. The van der Waals surface area contributed by atoms with Crippen molar-refractivity contribution in [1.82, 2.24) is 5.32 Å². The number of halogens is 1. The minimum Gasteiger partial charge on any atom is -0.507 e. The first-order chi connectivity index (χ1) is 7.11. The van der Waals surface area contributed by atoms with Crippen LogP contribution in [0.1, 0.15) is 12.5 Å². The second-order valence-corrected chi connectivity index (χ2v) is 3.81. The van der Waals surface area contributed by atoms with Gasteiger partial charge in [0.15, 0.2) is 0 Å². The van der Waals surface area contributed by atoms with Crippen molar-refractivity contribution in [3.05, 3.63) is 34.3 Å². The molecule has 3 nitrogen and oxygen atoms in total. The molecule has 0 aliphatic rings. The van der Waals surface area contributed by atoms with Gasteiger partial charge in [0, 0.05) is 13.5 Å². The molecule has 0 aliphatic heterocycles. The van der Waals surface area contributed by atoms with Crippen LogP contribution in [0.25, 0.3) is 6.08 Å².